The van der Waals surface area contributed by atoms with E-state index in [1.54, 1.807) is 0 Å². The van der Waals surface area contributed by atoms with Crippen LogP contribution in [0.2, 0.25) is 0 Å². The van der Waals surface area contributed by atoms with Crippen LogP contribution in [0.15, 0.2) is 246 Å². The van der Waals surface area contributed by atoms with Gasteiger partial charge in [0, 0.05) is 49.0 Å². The Kier molecular flexibility index (Phi) is 10.0. The van der Waals surface area contributed by atoms with Gasteiger partial charge >= 0.3 is 0 Å². The van der Waals surface area contributed by atoms with Gasteiger partial charge in [-0.05, 0) is 82.0 Å². The van der Waals surface area contributed by atoms with E-state index >= 15 is 0 Å². The quantitative estimate of drug-likeness (QED) is 0.162. The van der Waals surface area contributed by atoms with Crippen LogP contribution in [0.1, 0.15) is 48.0 Å². The standard InChI is InChI=1S/C63H46N4S/c1-5-17-41(18-6-1)43-29-33-45(34-30-43)54-39-49(63-65-61(47-21-9-3-10-22-47)64-62(66-63)48-23-11-4-12-24-48)40-55(46-35-31-44(32-36-46)42-19-7-2-8-20-42)58(54)67-56-27-15-13-25-50(56)52-37-38-53-51-26-14-16-28-57(51)68-60(53)59(52)67/h1-3,5-11,13-39,55,61H,4,12,40H2,(H,64,65,66). The van der Waals surface area contributed by atoms with Gasteiger partial charge in [0.25, 0.3) is 0 Å². The van der Waals surface area contributed by atoms with E-state index in [1.807, 2.05) is 11.3 Å². The first kappa shape index (κ1) is 40.2. The third-order valence-corrected chi connectivity index (χ3v) is 15.1. The molecule has 0 fully saturated rings. The van der Waals surface area contributed by atoms with Gasteiger partial charge in [-0.2, -0.15) is 0 Å². The summed E-state index contributed by atoms with van der Waals surface area (Å²) >= 11 is 1.90. The molecule has 1 aliphatic heterocycles. The van der Waals surface area contributed by atoms with E-state index in [9.17, 15) is 0 Å². The molecule has 2 unspecified atom stereocenters. The van der Waals surface area contributed by atoms with E-state index in [1.165, 1.54) is 81.1 Å². The predicted molar refractivity (Wildman–Crippen MR) is 288 cm³/mol. The maximum Gasteiger partial charge on any atom is 0.159 e. The smallest absolute Gasteiger partial charge is 0.159 e. The third kappa shape index (κ3) is 7.06. The first-order valence-corrected chi connectivity index (χ1v) is 24.5. The molecule has 0 amide bonds. The predicted octanol–water partition coefficient (Wildman–Crippen LogP) is 16.4. The average Bonchev–Trinajstić information content (AvgIpc) is 3.97. The highest BCUT2D eigenvalue weighted by atomic mass is 32.1. The van der Waals surface area contributed by atoms with E-state index in [0.717, 1.165) is 53.2 Å². The molecule has 2 atom stereocenters. The minimum Gasteiger partial charge on any atom is -0.344 e. The zero-order chi connectivity index (χ0) is 45.0. The highest BCUT2D eigenvalue weighted by molar-refractivity contribution is 7.26. The van der Waals surface area contributed by atoms with Gasteiger partial charge in [0.1, 0.15) is 12.0 Å². The van der Waals surface area contributed by atoms with Crippen LogP contribution in [0.25, 0.3) is 75.5 Å². The third-order valence-electron chi connectivity index (χ3n) is 13.9. The summed E-state index contributed by atoms with van der Waals surface area (Å²) in [6.45, 7) is 0. The van der Waals surface area contributed by atoms with Crippen molar-refractivity contribution < 1.29 is 0 Å². The highest BCUT2D eigenvalue weighted by Crippen LogP contribution is 2.50. The maximum absolute atomic E-state index is 5.46. The molecule has 3 aliphatic rings. The minimum atomic E-state index is -0.294. The topological polar surface area (TPSA) is 41.7 Å². The molecular formula is C63H46N4S. The number of thiophene rings is 1. The van der Waals surface area contributed by atoms with Crippen molar-refractivity contribution in [3.8, 4) is 22.3 Å². The van der Waals surface area contributed by atoms with Gasteiger partial charge in [-0.25, -0.2) is 9.98 Å². The Morgan fingerprint density at radius 2 is 1.15 bits per heavy atom. The van der Waals surface area contributed by atoms with Gasteiger partial charge in [0.05, 0.1) is 15.7 Å². The van der Waals surface area contributed by atoms with Crippen molar-refractivity contribution in [2.45, 2.75) is 31.3 Å². The number of nitrogens with zero attached hydrogens (tertiary/aromatic N) is 3. The summed E-state index contributed by atoms with van der Waals surface area (Å²) in [4.78, 5) is 10.7. The summed E-state index contributed by atoms with van der Waals surface area (Å²) in [7, 11) is 0. The normalized spacial score (nSPS) is 17.3. The monoisotopic (exact) mass is 890 g/mol. The molecule has 4 nitrogen and oxygen atoms in total. The van der Waals surface area contributed by atoms with Crippen LogP contribution >= 0.6 is 11.3 Å². The number of allylic oxidation sites excluding steroid dienone is 5. The number of hydrogen-bond donors (Lipinski definition) is 1. The fourth-order valence-electron chi connectivity index (χ4n) is 10.6. The van der Waals surface area contributed by atoms with Crippen LogP contribution in [0.3, 0.4) is 0 Å². The van der Waals surface area contributed by atoms with Crippen molar-refractivity contribution in [2.24, 2.45) is 9.98 Å². The lowest BCUT2D eigenvalue weighted by Gasteiger charge is -2.33. The van der Waals surface area contributed by atoms with E-state index in [0.29, 0.717) is 0 Å². The first-order valence-electron chi connectivity index (χ1n) is 23.7. The van der Waals surface area contributed by atoms with Gasteiger partial charge < -0.3 is 9.88 Å². The molecule has 0 spiro atoms. The van der Waals surface area contributed by atoms with Gasteiger partial charge in [-0.3, -0.25) is 0 Å². The molecule has 0 saturated heterocycles. The molecule has 8 aromatic carbocycles. The number of hydrogen-bond acceptors (Lipinski definition) is 4. The number of amidine groups is 2. The van der Waals surface area contributed by atoms with E-state index < -0.39 is 0 Å². The number of para-hydroxylation sites is 1. The zero-order valence-corrected chi connectivity index (χ0v) is 38.2. The molecule has 13 rings (SSSR count). The highest BCUT2D eigenvalue weighted by Gasteiger charge is 2.34. The summed E-state index contributed by atoms with van der Waals surface area (Å²) in [6.07, 6.45) is 11.6. The molecular weight excluding hydrogens is 845 g/mol. The Morgan fingerprint density at radius 3 is 1.87 bits per heavy atom. The summed E-state index contributed by atoms with van der Waals surface area (Å²) in [5, 5.41) is 8.97. The first-order chi connectivity index (χ1) is 33.7. The van der Waals surface area contributed by atoms with Crippen LogP contribution in [0.5, 0.6) is 0 Å². The fraction of sp³-hybridized carbons (Fsp3) is 0.0794. The van der Waals surface area contributed by atoms with E-state index in [4.69, 9.17) is 9.98 Å². The van der Waals surface area contributed by atoms with Crippen molar-refractivity contribution in [1.29, 1.82) is 0 Å². The van der Waals surface area contributed by atoms with Crippen molar-refractivity contribution in [3.05, 3.63) is 252 Å². The molecule has 68 heavy (non-hydrogen) atoms. The van der Waals surface area contributed by atoms with Crippen molar-refractivity contribution in [3.63, 3.8) is 0 Å². The second-order valence-corrected chi connectivity index (χ2v) is 19.0. The minimum absolute atomic E-state index is 0.0666. The number of aliphatic imine (C=N–C) groups is 2. The van der Waals surface area contributed by atoms with E-state index in [2.05, 4.69) is 234 Å². The SMILES string of the molecule is C1=CC(C2=NC(c3ccccc3)NC(C3=CC(c4ccc(-c5ccccc5)cc4)=C(n4c5ccccc5c5ccc6c7ccccc7sc6c54)C(c4ccc(-c5ccccc5)cc4)C3)=N2)=CCC1. The average molecular weight is 891 g/mol. The van der Waals surface area contributed by atoms with Crippen molar-refractivity contribution in [2.75, 3.05) is 0 Å². The largest absolute Gasteiger partial charge is 0.344 e. The second kappa shape index (κ2) is 16.9. The lowest BCUT2D eigenvalue weighted by molar-refractivity contribution is 0.668. The number of nitrogens with one attached hydrogen (secondary N) is 1. The molecule has 10 aromatic rings. The number of benzene rings is 8. The fourth-order valence-corrected chi connectivity index (χ4v) is 11.8. The van der Waals surface area contributed by atoms with Crippen molar-refractivity contribution >= 4 is 76.3 Å². The van der Waals surface area contributed by atoms with Crippen LogP contribution in [0, 0.1) is 0 Å². The van der Waals surface area contributed by atoms with E-state index in [-0.39, 0.29) is 12.1 Å². The second-order valence-electron chi connectivity index (χ2n) is 18.0. The Morgan fingerprint density at radius 1 is 0.529 bits per heavy atom. The molecule has 2 aliphatic carbocycles. The molecule has 324 valence electrons. The van der Waals surface area contributed by atoms with Crippen LogP contribution in [-0.4, -0.2) is 16.2 Å². The van der Waals surface area contributed by atoms with Crippen LogP contribution < -0.4 is 5.32 Å². The Hall–Kier alpha value is -8.12. The van der Waals surface area contributed by atoms with Crippen molar-refractivity contribution in [1.82, 2.24) is 9.88 Å². The summed E-state index contributed by atoms with van der Waals surface area (Å²) in [6, 6.07) is 73.1. The van der Waals surface area contributed by atoms with Gasteiger partial charge in [0.2, 0.25) is 0 Å². The molecule has 0 bridgehead atoms. The van der Waals surface area contributed by atoms with Crippen LogP contribution in [-0.2, 0) is 0 Å². The molecule has 5 heteroatoms. The molecule has 1 N–H and O–H groups in total. The molecule has 2 aromatic heterocycles. The molecule has 0 radical (unpaired) electrons. The van der Waals surface area contributed by atoms with Gasteiger partial charge in [0.15, 0.2) is 5.84 Å². The van der Waals surface area contributed by atoms with Crippen LogP contribution in [0.4, 0.5) is 0 Å². The number of aromatic nitrogens is 1. The zero-order valence-electron chi connectivity index (χ0n) is 37.4. The lowest BCUT2D eigenvalue weighted by atomic mass is 9.79. The Bertz CT molecular complexity index is 3750. The Balaban J connectivity index is 1.10. The molecule has 0 saturated carbocycles. The Labute approximate surface area is 400 Å². The van der Waals surface area contributed by atoms with Gasteiger partial charge in [-0.1, -0.05) is 206 Å². The van der Waals surface area contributed by atoms with Gasteiger partial charge in [-0.15, -0.1) is 11.3 Å². The summed E-state index contributed by atoms with van der Waals surface area (Å²) in [5.41, 5.74) is 15.4. The summed E-state index contributed by atoms with van der Waals surface area (Å²) < 4.78 is 5.24. The molecule has 3 heterocycles. The lowest BCUT2D eigenvalue weighted by Crippen LogP contribution is -2.35. The maximum atomic E-state index is 5.46. The summed E-state index contributed by atoms with van der Waals surface area (Å²) in [5.74, 6) is 1.57. The number of rotatable bonds is 8. The number of fused-ring (bicyclic) bond motifs is 7.